The summed E-state index contributed by atoms with van der Waals surface area (Å²) in [5, 5.41) is 12.0. The smallest absolute Gasteiger partial charge is 0.335 e. The van der Waals surface area contributed by atoms with Gasteiger partial charge in [-0.05, 0) is 41.7 Å². The Hall–Kier alpha value is -2.82. The zero-order chi connectivity index (χ0) is 17.1. The topological polar surface area (TPSA) is 75.6 Å². The van der Waals surface area contributed by atoms with Crippen molar-refractivity contribution in [1.29, 1.82) is 0 Å². The summed E-state index contributed by atoms with van der Waals surface area (Å²) in [4.78, 5) is 23.2. The molecule has 24 heavy (non-hydrogen) atoms. The number of hydrogen-bond donors (Lipinski definition) is 2. The first-order valence-electron chi connectivity index (χ1n) is 7.86. The van der Waals surface area contributed by atoms with Gasteiger partial charge in [0.25, 0.3) is 0 Å². The number of rotatable bonds is 6. The summed E-state index contributed by atoms with van der Waals surface area (Å²) in [6, 6.07) is 12.8. The van der Waals surface area contributed by atoms with E-state index in [0.29, 0.717) is 18.7 Å². The van der Waals surface area contributed by atoms with E-state index < -0.39 is 5.97 Å². The van der Waals surface area contributed by atoms with Crippen LogP contribution in [0.3, 0.4) is 0 Å². The molecule has 1 aliphatic carbocycles. The van der Waals surface area contributed by atoms with Crippen LogP contribution in [0.5, 0.6) is 5.75 Å². The minimum absolute atomic E-state index is 0.0369. The third-order valence-corrected chi connectivity index (χ3v) is 4.40. The number of fused-ring (bicyclic) bond motifs is 1. The number of carboxylic acid groups (broad SMARTS) is 1. The minimum Gasteiger partial charge on any atom is -0.496 e. The lowest BCUT2D eigenvalue weighted by Gasteiger charge is -2.28. The van der Waals surface area contributed by atoms with E-state index in [9.17, 15) is 9.59 Å². The van der Waals surface area contributed by atoms with Crippen LogP contribution >= 0.6 is 0 Å². The Morgan fingerprint density at radius 3 is 2.75 bits per heavy atom. The van der Waals surface area contributed by atoms with Crippen LogP contribution < -0.4 is 10.1 Å². The average Bonchev–Trinajstić information content (AvgIpc) is 2.56. The van der Waals surface area contributed by atoms with Crippen LogP contribution in [0.15, 0.2) is 42.5 Å². The number of amides is 1. The minimum atomic E-state index is -0.989. The molecule has 0 fully saturated rings. The molecule has 0 aromatic heterocycles. The molecule has 1 atom stereocenters. The Labute approximate surface area is 140 Å². The Morgan fingerprint density at radius 2 is 2.04 bits per heavy atom. The van der Waals surface area contributed by atoms with Crippen LogP contribution in [-0.2, 0) is 17.6 Å². The second-order valence-electron chi connectivity index (χ2n) is 5.83. The fourth-order valence-electron chi connectivity index (χ4n) is 3.02. The van der Waals surface area contributed by atoms with Gasteiger partial charge in [0, 0.05) is 6.54 Å². The average molecular weight is 325 g/mol. The molecule has 0 saturated carbocycles. The van der Waals surface area contributed by atoms with Crippen molar-refractivity contribution in [2.45, 2.75) is 18.8 Å². The highest BCUT2D eigenvalue weighted by Crippen LogP contribution is 2.34. The molecule has 2 aromatic carbocycles. The number of hydrogen-bond acceptors (Lipinski definition) is 3. The fourth-order valence-corrected chi connectivity index (χ4v) is 3.02. The molecule has 5 nitrogen and oxygen atoms in total. The number of carboxylic acids is 1. The number of carbonyl (C=O) groups is 2. The van der Waals surface area contributed by atoms with Crippen molar-refractivity contribution in [3.05, 3.63) is 64.7 Å². The monoisotopic (exact) mass is 325 g/mol. The molecule has 2 N–H and O–H groups in total. The number of aromatic carboxylic acids is 1. The summed E-state index contributed by atoms with van der Waals surface area (Å²) in [6.07, 6.45) is 1.38. The van der Waals surface area contributed by atoms with Crippen molar-refractivity contribution < 1.29 is 19.4 Å². The Kier molecular flexibility index (Phi) is 4.51. The van der Waals surface area contributed by atoms with E-state index in [4.69, 9.17) is 9.84 Å². The van der Waals surface area contributed by atoms with Crippen LogP contribution in [0.25, 0.3) is 0 Å². The second kappa shape index (κ2) is 6.74. The summed E-state index contributed by atoms with van der Waals surface area (Å²) < 4.78 is 5.24. The molecule has 0 aliphatic heterocycles. The maximum Gasteiger partial charge on any atom is 0.335 e. The van der Waals surface area contributed by atoms with Crippen LogP contribution in [-0.4, -0.2) is 30.6 Å². The largest absolute Gasteiger partial charge is 0.496 e. The van der Waals surface area contributed by atoms with Crippen molar-refractivity contribution in [1.82, 2.24) is 5.32 Å². The number of ether oxygens (including phenoxy) is 1. The molecular weight excluding hydrogens is 306 g/mol. The Morgan fingerprint density at radius 1 is 1.25 bits per heavy atom. The Balaban J connectivity index is 1.57. The van der Waals surface area contributed by atoms with Gasteiger partial charge in [-0.2, -0.15) is 0 Å². The van der Waals surface area contributed by atoms with Gasteiger partial charge in [0.1, 0.15) is 5.75 Å². The van der Waals surface area contributed by atoms with E-state index in [1.807, 2.05) is 24.3 Å². The van der Waals surface area contributed by atoms with Gasteiger partial charge in [0.05, 0.1) is 18.6 Å². The van der Waals surface area contributed by atoms with Crippen molar-refractivity contribution in [2.75, 3.05) is 13.7 Å². The summed E-state index contributed by atoms with van der Waals surface area (Å²) >= 11 is 0. The van der Waals surface area contributed by atoms with Crippen LogP contribution in [0.2, 0.25) is 0 Å². The van der Waals surface area contributed by atoms with E-state index in [0.717, 1.165) is 17.5 Å². The highest BCUT2D eigenvalue weighted by molar-refractivity contribution is 5.88. The molecule has 124 valence electrons. The van der Waals surface area contributed by atoms with Gasteiger partial charge in [0.15, 0.2) is 0 Å². The van der Waals surface area contributed by atoms with E-state index in [2.05, 4.69) is 5.32 Å². The van der Waals surface area contributed by atoms with Crippen molar-refractivity contribution in [2.24, 2.45) is 0 Å². The summed E-state index contributed by atoms with van der Waals surface area (Å²) in [7, 11) is 1.51. The van der Waals surface area contributed by atoms with E-state index in [1.54, 1.807) is 12.1 Å². The lowest BCUT2D eigenvalue weighted by atomic mass is 9.77. The van der Waals surface area contributed by atoms with Gasteiger partial charge in [0.2, 0.25) is 5.91 Å². The van der Waals surface area contributed by atoms with Crippen molar-refractivity contribution >= 4 is 11.9 Å². The lowest BCUT2D eigenvalue weighted by molar-refractivity contribution is -0.123. The molecule has 0 saturated heterocycles. The quantitative estimate of drug-likeness (QED) is 0.855. The van der Waals surface area contributed by atoms with Crippen LogP contribution in [0.1, 0.15) is 33.0 Å². The molecule has 1 unspecified atom stereocenters. The number of carbonyl (C=O) groups excluding carboxylic acids is 1. The summed E-state index contributed by atoms with van der Waals surface area (Å²) in [5.74, 6) is -0.484. The number of nitrogens with one attached hydrogen (secondary N) is 1. The molecule has 0 bridgehead atoms. The molecule has 5 heteroatoms. The number of methoxy groups -OCH3 is 1. The zero-order valence-corrected chi connectivity index (χ0v) is 13.4. The zero-order valence-electron chi connectivity index (χ0n) is 13.4. The predicted molar refractivity (Wildman–Crippen MR) is 89.6 cm³/mol. The SMILES string of the molecule is COc1cc(C(=O)O)ccc1CCNC(=O)C1Cc2ccccc21. The van der Waals surface area contributed by atoms with Gasteiger partial charge < -0.3 is 15.2 Å². The molecule has 2 aromatic rings. The maximum absolute atomic E-state index is 12.3. The summed E-state index contributed by atoms with van der Waals surface area (Å²) in [5.41, 5.74) is 3.41. The van der Waals surface area contributed by atoms with E-state index in [1.165, 1.54) is 18.7 Å². The molecular formula is C19H19NO4. The first-order valence-corrected chi connectivity index (χ1v) is 7.86. The highest BCUT2D eigenvalue weighted by Gasteiger charge is 2.31. The third-order valence-electron chi connectivity index (χ3n) is 4.40. The van der Waals surface area contributed by atoms with Gasteiger partial charge in [-0.3, -0.25) is 4.79 Å². The lowest BCUT2D eigenvalue weighted by Crippen LogP contribution is -2.36. The molecule has 0 radical (unpaired) electrons. The van der Waals surface area contributed by atoms with Gasteiger partial charge in [-0.15, -0.1) is 0 Å². The van der Waals surface area contributed by atoms with Crippen LogP contribution in [0, 0.1) is 0 Å². The first kappa shape index (κ1) is 16.1. The fraction of sp³-hybridized carbons (Fsp3) is 0.263. The maximum atomic E-state index is 12.3. The highest BCUT2D eigenvalue weighted by atomic mass is 16.5. The van der Waals surface area contributed by atoms with Crippen LogP contribution in [0.4, 0.5) is 0 Å². The molecule has 1 amide bonds. The predicted octanol–water partition coefficient (Wildman–Crippen LogP) is 2.39. The van der Waals surface area contributed by atoms with E-state index >= 15 is 0 Å². The first-order chi connectivity index (χ1) is 11.6. The normalized spacial score (nSPS) is 15.1. The van der Waals surface area contributed by atoms with Crippen molar-refractivity contribution in [3.8, 4) is 5.75 Å². The number of benzene rings is 2. The molecule has 3 rings (SSSR count). The third kappa shape index (κ3) is 3.11. The molecule has 1 aliphatic rings. The molecule has 0 spiro atoms. The van der Waals surface area contributed by atoms with Gasteiger partial charge >= 0.3 is 5.97 Å². The molecule has 0 heterocycles. The standard InChI is InChI=1S/C19H19NO4/c1-24-17-11-14(19(22)23)7-6-12(17)8-9-20-18(21)16-10-13-4-2-3-5-15(13)16/h2-7,11,16H,8-10H2,1H3,(H,20,21)(H,22,23). The van der Waals surface area contributed by atoms with E-state index in [-0.39, 0.29) is 17.4 Å². The Bertz CT molecular complexity index is 785. The second-order valence-corrected chi connectivity index (χ2v) is 5.83. The summed E-state index contributed by atoms with van der Waals surface area (Å²) in [6.45, 7) is 0.486. The van der Waals surface area contributed by atoms with Gasteiger partial charge in [-0.1, -0.05) is 30.3 Å². The van der Waals surface area contributed by atoms with Gasteiger partial charge in [-0.25, -0.2) is 4.79 Å². The van der Waals surface area contributed by atoms with Crippen molar-refractivity contribution in [3.63, 3.8) is 0 Å².